The first-order valence-corrected chi connectivity index (χ1v) is 10.0. The Morgan fingerprint density at radius 1 is 1.11 bits per heavy atom. The fraction of sp³-hybridized carbons (Fsp3) is 0.524. The van der Waals surface area contributed by atoms with Crippen molar-refractivity contribution in [2.75, 3.05) is 6.54 Å². The molecule has 1 atom stereocenters. The summed E-state index contributed by atoms with van der Waals surface area (Å²) in [5, 5.41) is 9.93. The number of para-hydroxylation sites is 1. The highest BCUT2D eigenvalue weighted by atomic mass is 16.4. The van der Waals surface area contributed by atoms with E-state index >= 15 is 0 Å². The third kappa shape index (κ3) is 3.53. The van der Waals surface area contributed by atoms with Gasteiger partial charge in [-0.15, -0.1) is 0 Å². The molecule has 4 rings (SSSR count). The van der Waals surface area contributed by atoms with Crippen molar-refractivity contribution in [3.63, 3.8) is 0 Å². The maximum Gasteiger partial charge on any atom is 0.326 e. The molecule has 1 N–H and O–H groups in total. The minimum absolute atomic E-state index is 0.00658. The first-order chi connectivity index (χ1) is 13.5. The summed E-state index contributed by atoms with van der Waals surface area (Å²) in [5.74, 6) is -0.670. The molecule has 1 amide bonds. The number of hydrogen-bond donors (Lipinski definition) is 1. The van der Waals surface area contributed by atoms with Gasteiger partial charge in [-0.25, -0.2) is 9.78 Å². The van der Waals surface area contributed by atoms with Crippen molar-refractivity contribution in [1.82, 2.24) is 14.5 Å². The molecule has 1 aromatic carbocycles. The van der Waals surface area contributed by atoms with E-state index in [9.17, 15) is 19.5 Å². The van der Waals surface area contributed by atoms with Gasteiger partial charge in [-0.05, 0) is 56.6 Å². The number of carbonyl (C=O) groups excluding carboxylic acids is 1. The van der Waals surface area contributed by atoms with Gasteiger partial charge in [0.2, 0.25) is 5.91 Å². The molecular formula is C21H25N3O4. The van der Waals surface area contributed by atoms with Crippen LogP contribution in [-0.2, 0) is 16.1 Å². The molecule has 1 saturated heterocycles. The van der Waals surface area contributed by atoms with E-state index in [0.29, 0.717) is 36.3 Å². The molecule has 0 unspecified atom stereocenters. The maximum absolute atomic E-state index is 12.8. The van der Waals surface area contributed by atoms with Gasteiger partial charge in [0.25, 0.3) is 5.56 Å². The van der Waals surface area contributed by atoms with Gasteiger partial charge in [-0.1, -0.05) is 12.1 Å². The molecule has 148 valence electrons. The van der Waals surface area contributed by atoms with Crippen molar-refractivity contribution in [3.8, 4) is 0 Å². The van der Waals surface area contributed by atoms with Gasteiger partial charge in [0.15, 0.2) is 0 Å². The lowest BCUT2D eigenvalue weighted by Gasteiger charge is -2.32. The molecule has 2 aliphatic rings. The number of benzene rings is 1. The summed E-state index contributed by atoms with van der Waals surface area (Å²) in [7, 11) is 0. The number of carbonyl (C=O) groups is 2. The number of aliphatic carboxylic acids is 1. The lowest BCUT2D eigenvalue weighted by atomic mass is 9.81. The highest BCUT2D eigenvalue weighted by Crippen LogP contribution is 2.32. The Morgan fingerprint density at radius 2 is 1.86 bits per heavy atom. The Kier molecular flexibility index (Phi) is 5.15. The largest absolute Gasteiger partial charge is 0.480 e. The van der Waals surface area contributed by atoms with Crippen LogP contribution in [0.25, 0.3) is 10.9 Å². The second-order valence-electron chi connectivity index (χ2n) is 7.96. The summed E-state index contributed by atoms with van der Waals surface area (Å²) in [6.07, 6.45) is 6.15. The zero-order chi connectivity index (χ0) is 19.7. The Bertz CT molecular complexity index is 946. The lowest BCUT2D eigenvalue weighted by molar-refractivity contribution is -0.150. The Hall–Kier alpha value is -2.70. The van der Waals surface area contributed by atoms with E-state index in [0.717, 1.165) is 32.1 Å². The molecule has 2 heterocycles. The van der Waals surface area contributed by atoms with E-state index in [1.807, 2.05) is 18.2 Å². The first-order valence-electron chi connectivity index (χ1n) is 10.0. The average molecular weight is 383 g/mol. The van der Waals surface area contributed by atoms with Crippen LogP contribution >= 0.6 is 0 Å². The monoisotopic (exact) mass is 383 g/mol. The van der Waals surface area contributed by atoms with E-state index in [-0.39, 0.29) is 17.4 Å². The van der Waals surface area contributed by atoms with Crippen LogP contribution in [0.5, 0.6) is 0 Å². The van der Waals surface area contributed by atoms with Crippen LogP contribution in [0, 0.1) is 11.8 Å². The predicted molar refractivity (Wildman–Crippen MR) is 104 cm³/mol. The van der Waals surface area contributed by atoms with E-state index in [1.165, 1.54) is 0 Å². The molecule has 2 fully saturated rings. The van der Waals surface area contributed by atoms with Crippen molar-refractivity contribution in [1.29, 1.82) is 0 Å². The second kappa shape index (κ2) is 7.73. The number of fused-ring (bicyclic) bond motifs is 1. The minimum Gasteiger partial charge on any atom is -0.480 e. The molecule has 2 aromatic rings. The maximum atomic E-state index is 12.8. The normalized spacial score (nSPS) is 25.1. The molecule has 0 radical (unpaired) electrons. The van der Waals surface area contributed by atoms with Gasteiger partial charge in [0, 0.05) is 19.0 Å². The van der Waals surface area contributed by atoms with Crippen LogP contribution in [0.4, 0.5) is 0 Å². The van der Waals surface area contributed by atoms with Crippen molar-refractivity contribution in [2.45, 2.75) is 51.1 Å². The molecule has 1 aromatic heterocycles. The fourth-order valence-electron chi connectivity index (χ4n) is 4.63. The number of amides is 1. The number of carboxylic acids is 1. The summed E-state index contributed by atoms with van der Waals surface area (Å²) in [6.45, 7) is 1.16. The standard InChI is InChI=1S/C21H25N3O4/c25-19(24-11-3-6-18(24)21(27)28)15-9-7-14(8-10-15)12-23-13-22-17-5-2-1-4-16(17)20(23)26/h1-2,4-5,13-15,18H,3,6-12H2,(H,27,28)/t14?,15?,18-/m1/s1. The van der Waals surface area contributed by atoms with Gasteiger partial charge in [0.1, 0.15) is 6.04 Å². The van der Waals surface area contributed by atoms with Crippen molar-refractivity contribution < 1.29 is 14.7 Å². The molecule has 0 bridgehead atoms. The second-order valence-corrected chi connectivity index (χ2v) is 7.96. The van der Waals surface area contributed by atoms with Crippen molar-refractivity contribution >= 4 is 22.8 Å². The van der Waals surface area contributed by atoms with Crippen LogP contribution in [0.1, 0.15) is 38.5 Å². The average Bonchev–Trinajstić information content (AvgIpc) is 3.21. The molecule has 7 heteroatoms. The first kappa shape index (κ1) is 18.7. The molecule has 7 nitrogen and oxygen atoms in total. The SMILES string of the molecule is O=C(O)[C@H]1CCCN1C(=O)C1CCC(Cn2cnc3ccccc3c2=O)CC1. The number of aromatic nitrogens is 2. The lowest BCUT2D eigenvalue weighted by Crippen LogP contribution is -2.44. The molecule has 0 spiro atoms. The summed E-state index contributed by atoms with van der Waals surface area (Å²) < 4.78 is 1.68. The van der Waals surface area contributed by atoms with Gasteiger partial charge < -0.3 is 10.0 Å². The summed E-state index contributed by atoms with van der Waals surface area (Å²) in [6, 6.07) is 6.68. The quantitative estimate of drug-likeness (QED) is 0.874. The van der Waals surface area contributed by atoms with E-state index in [4.69, 9.17) is 0 Å². The highest BCUT2D eigenvalue weighted by Gasteiger charge is 2.38. The van der Waals surface area contributed by atoms with Crippen molar-refractivity contribution in [2.24, 2.45) is 11.8 Å². The highest BCUT2D eigenvalue weighted by molar-refractivity contribution is 5.85. The summed E-state index contributed by atoms with van der Waals surface area (Å²) >= 11 is 0. The van der Waals surface area contributed by atoms with Crippen LogP contribution in [0.15, 0.2) is 35.4 Å². The van der Waals surface area contributed by atoms with E-state index < -0.39 is 12.0 Å². The molecule has 1 aliphatic carbocycles. The van der Waals surface area contributed by atoms with Gasteiger partial charge in [-0.2, -0.15) is 0 Å². The third-order valence-corrected chi connectivity index (χ3v) is 6.20. The Balaban J connectivity index is 1.38. The van der Waals surface area contributed by atoms with E-state index in [1.54, 1.807) is 21.9 Å². The molecule has 1 saturated carbocycles. The molecule has 28 heavy (non-hydrogen) atoms. The smallest absolute Gasteiger partial charge is 0.326 e. The van der Waals surface area contributed by atoms with Gasteiger partial charge >= 0.3 is 5.97 Å². The zero-order valence-corrected chi connectivity index (χ0v) is 15.8. The number of rotatable bonds is 4. The number of hydrogen-bond acceptors (Lipinski definition) is 4. The van der Waals surface area contributed by atoms with Gasteiger partial charge in [-0.3, -0.25) is 14.2 Å². The molecular weight excluding hydrogens is 358 g/mol. The zero-order valence-electron chi connectivity index (χ0n) is 15.8. The summed E-state index contributed by atoms with van der Waals surface area (Å²) in [4.78, 5) is 42.7. The Morgan fingerprint density at radius 3 is 2.61 bits per heavy atom. The van der Waals surface area contributed by atoms with Crippen molar-refractivity contribution in [3.05, 3.63) is 40.9 Å². The van der Waals surface area contributed by atoms with Crippen LogP contribution in [-0.4, -0.2) is 44.0 Å². The van der Waals surface area contributed by atoms with E-state index in [2.05, 4.69) is 4.98 Å². The minimum atomic E-state index is -0.900. The topological polar surface area (TPSA) is 92.5 Å². The van der Waals surface area contributed by atoms with Gasteiger partial charge in [0.05, 0.1) is 17.2 Å². The fourth-order valence-corrected chi connectivity index (χ4v) is 4.63. The number of nitrogens with zero attached hydrogens (tertiary/aromatic N) is 3. The van der Waals surface area contributed by atoms with Crippen LogP contribution in [0.3, 0.4) is 0 Å². The van der Waals surface area contributed by atoms with Crippen LogP contribution in [0.2, 0.25) is 0 Å². The third-order valence-electron chi connectivity index (χ3n) is 6.20. The summed E-state index contributed by atoms with van der Waals surface area (Å²) in [5.41, 5.74) is 0.682. The number of likely N-dealkylation sites (tertiary alicyclic amines) is 1. The van der Waals surface area contributed by atoms with Crippen LogP contribution < -0.4 is 5.56 Å². The molecule has 1 aliphatic heterocycles. The predicted octanol–water partition coefficient (Wildman–Crippen LogP) is 2.28. The Labute approximate surface area is 163 Å². The number of carboxylic acid groups (broad SMARTS) is 1.